The average molecular weight is 267 g/mol. The number of nitrogens with zero attached hydrogens (tertiary/aromatic N) is 1. The van der Waals surface area contributed by atoms with Gasteiger partial charge in [-0.3, -0.25) is 0 Å². The van der Waals surface area contributed by atoms with Crippen LogP contribution in [0.5, 0.6) is 0 Å². The summed E-state index contributed by atoms with van der Waals surface area (Å²) in [5.74, 6) is 0. The Labute approximate surface area is 118 Å². The maximum Gasteiger partial charge on any atom is 0.101 e. The topological polar surface area (TPSA) is 82.1 Å². The third kappa shape index (κ3) is 3.28. The Bertz CT molecular complexity index is 629. The Morgan fingerprint density at radius 1 is 1.25 bits per heavy atom. The molecule has 1 unspecified atom stereocenters. The highest BCUT2D eigenvalue weighted by molar-refractivity contribution is 5.58. The van der Waals surface area contributed by atoms with E-state index in [9.17, 15) is 5.11 Å². The molecule has 0 spiro atoms. The summed E-state index contributed by atoms with van der Waals surface area (Å²) in [6.07, 6.45) is -0.650. The minimum absolute atomic E-state index is 0.335. The van der Waals surface area contributed by atoms with Crippen molar-refractivity contribution in [2.24, 2.45) is 0 Å². The first-order chi connectivity index (χ1) is 9.60. The van der Waals surface area contributed by atoms with Crippen molar-refractivity contribution in [1.29, 1.82) is 5.26 Å². The summed E-state index contributed by atoms with van der Waals surface area (Å²) in [7, 11) is 0. The van der Waals surface area contributed by atoms with Crippen LogP contribution in [0.4, 0.5) is 11.4 Å². The van der Waals surface area contributed by atoms with Crippen molar-refractivity contribution in [3.05, 3.63) is 59.2 Å². The predicted octanol–water partition coefficient (Wildman–Crippen LogP) is 2.59. The molecule has 0 heterocycles. The van der Waals surface area contributed by atoms with E-state index in [2.05, 4.69) is 11.4 Å². The number of aliphatic hydroxyl groups excluding tert-OH is 1. The van der Waals surface area contributed by atoms with Gasteiger partial charge in [0.15, 0.2) is 0 Å². The Morgan fingerprint density at radius 2 is 1.95 bits per heavy atom. The molecule has 4 heteroatoms. The summed E-state index contributed by atoms with van der Waals surface area (Å²) < 4.78 is 0. The van der Waals surface area contributed by atoms with Crippen LogP contribution in [-0.2, 0) is 0 Å². The number of nitrogens with one attached hydrogen (secondary N) is 1. The number of anilines is 2. The second-order valence-corrected chi connectivity index (χ2v) is 4.72. The van der Waals surface area contributed by atoms with E-state index < -0.39 is 6.10 Å². The highest BCUT2D eigenvalue weighted by Gasteiger charge is 2.08. The highest BCUT2D eigenvalue weighted by Crippen LogP contribution is 2.19. The van der Waals surface area contributed by atoms with Gasteiger partial charge in [-0.15, -0.1) is 0 Å². The van der Waals surface area contributed by atoms with Gasteiger partial charge in [0.25, 0.3) is 0 Å². The largest absolute Gasteiger partial charge is 0.399 e. The molecule has 4 nitrogen and oxygen atoms in total. The predicted molar refractivity (Wildman–Crippen MR) is 80.2 cm³/mol. The number of rotatable bonds is 4. The summed E-state index contributed by atoms with van der Waals surface area (Å²) >= 11 is 0. The molecule has 1 atom stereocenters. The maximum atomic E-state index is 10.1. The van der Waals surface area contributed by atoms with E-state index in [1.807, 2.05) is 25.1 Å². The van der Waals surface area contributed by atoms with Crippen LogP contribution < -0.4 is 11.1 Å². The second kappa shape index (κ2) is 6.09. The first kappa shape index (κ1) is 13.9. The monoisotopic (exact) mass is 267 g/mol. The zero-order valence-corrected chi connectivity index (χ0v) is 11.3. The number of benzene rings is 2. The van der Waals surface area contributed by atoms with E-state index in [1.54, 1.807) is 24.3 Å². The number of hydrogen-bond acceptors (Lipinski definition) is 4. The molecule has 0 aliphatic carbocycles. The van der Waals surface area contributed by atoms with Crippen LogP contribution in [0.15, 0.2) is 42.5 Å². The molecule has 0 fully saturated rings. The summed E-state index contributed by atoms with van der Waals surface area (Å²) in [5, 5.41) is 22.3. The van der Waals surface area contributed by atoms with Crippen molar-refractivity contribution in [3.63, 3.8) is 0 Å². The van der Waals surface area contributed by atoms with Gasteiger partial charge in [0.1, 0.15) is 6.07 Å². The molecule has 0 radical (unpaired) electrons. The number of nitrogen functional groups attached to an aromatic ring is 1. The quantitative estimate of drug-likeness (QED) is 0.744. The van der Waals surface area contributed by atoms with Gasteiger partial charge in [-0.2, -0.15) is 5.26 Å². The minimum atomic E-state index is -0.650. The van der Waals surface area contributed by atoms with Crippen LogP contribution in [0.25, 0.3) is 0 Å². The van der Waals surface area contributed by atoms with Crippen molar-refractivity contribution >= 4 is 11.4 Å². The van der Waals surface area contributed by atoms with Gasteiger partial charge in [-0.1, -0.05) is 18.2 Å². The fourth-order valence-corrected chi connectivity index (χ4v) is 1.95. The SMILES string of the molecule is Cc1ccc(NCC(O)c2ccc(N)cc2)c(C#N)c1. The van der Waals surface area contributed by atoms with Gasteiger partial charge in [-0.25, -0.2) is 0 Å². The number of nitriles is 1. The first-order valence-electron chi connectivity index (χ1n) is 6.38. The molecule has 0 aliphatic rings. The molecule has 0 aromatic heterocycles. The lowest BCUT2D eigenvalue weighted by atomic mass is 10.1. The molecule has 4 N–H and O–H groups in total. The van der Waals surface area contributed by atoms with Crippen LogP contribution in [0.2, 0.25) is 0 Å². The van der Waals surface area contributed by atoms with Crippen molar-refractivity contribution < 1.29 is 5.11 Å². The normalized spacial score (nSPS) is 11.7. The van der Waals surface area contributed by atoms with E-state index in [4.69, 9.17) is 11.0 Å². The van der Waals surface area contributed by atoms with E-state index in [0.29, 0.717) is 17.8 Å². The molecule has 0 saturated heterocycles. The van der Waals surface area contributed by atoms with E-state index in [0.717, 1.165) is 16.8 Å². The third-order valence-corrected chi connectivity index (χ3v) is 3.10. The van der Waals surface area contributed by atoms with E-state index in [-0.39, 0.29) is 0 Å². The average Bonchev–Trinajstić information content (AvgIpc) is 2.46. The van der Waals surface area contributed by atoms with Crippen LogP contribution >= 0.6 is 0 Å². The zero-order chi connectivity index (χ0) is 14.5. The van der Waals surface area contributed by atoms with Gasteiger partial charge in [0.2, 0.25) is 0 Å². The highest BCUT2D eigenvalue weighted by atomic mass is 16.3. The molecule has 0 amide bonds. The number of aliphatic hydroxyl groups is 1. The molecule has 2 aromatic carbocycles. The molecule has 20 heavy (non-hydrogen) atoms. The van der Waals surface area contributed by atoms with Crippen LogP contribution in [0.3, 0.4) is 0 Å². The van der Waals surface area contributed by atoms with Crippen molar-refractivity contribution in [3.8, 4) is 6.07 Å². The van der Waals surface area contributed by atoms with Gasteiger partial charge in [-0.05, 0) is 42.3 Å². The zero-order valence-electron chi connectivity index (χ0n) is 11.3. The fraction of sp³-hybridized carbons (Fsp3) is 0.188. The fourth-order valence-electron chi connectivity index (χ4n) is 1.95. The summed E-state index contributed by atoms with van der Waals surface area (Å²) in [6, 6.07) is 14.8. The van der Waals surface area contributed by atoms with Crippen LogP contribution in [0.1, 0.15) is 22.8 Å². The number of aryl methyl sites for hydroxylation is 1. The molecular formula is C16H17N3O. The van der Waals surface area contributed by atoms with Crippen molar-refractivity contribution in [2.75, 3.05) is 17.6 Å². The van der Waals surface area contributed by atoms with Crippen LogP contribution in [-0.4, -0.2) is 11.7 Å². The smallest absolute Gasteiger partial charge is 0.101 e. The maximum absolute atomic E-state index is 10.1. The van der Waals surface area contributed by atoms with Crippen molar-refractivity contribution in [2.45, 2.75) is 13.0 Å². The van der Waals surface area contributed by atoms with Crippen molar-refractivity contribution in [1.82, 2.24) is 0 Å². The van der Waals surface area contributed by atoms with Crippen LogP contribution in [0, 0.1) is 18.3 Å². The van der Waals surface area contributed by atoms with Gasteiger partial charge < -0.3 is 16.2 Å². The molecule has 2 rings (SSSR count). The second-order valence-electron chi connectivity index (χ2n) is 4.72. The minimum Gasteiger partial charge on any atom is -0.399 e. The number of nitrogens with two attached hydrogens (primary N) is 1. The lowest BCUT2D eigenvalue weighted by Crippen LogP contribution is -2.13. The summed E-state index contributed by atoms with van der Waals surface area (Å²) in [4.78, 5) is 0. The molecule has 102 valence electrons. The van der Waals surface area contributed by atoms with Gasteiger partial charge >= 0.3 is 0 Å². The summed E-state index contributed by atoms with van der Waals surface area (Å²) in [5.41, 5.74) is 9.41. The Kier molecular flexibility index (Phi) is 4.24. The molecular weight excluding hydrogens is 250 g/mol. The standard InChI is InChI=1S/C16H17N3O/c1-11-2-7-15(13(8-11)9-17)19-10-16(20)12-3-5-14(18)6-4-12/h2-8,16,19-20H,10,18H2,1H3. The van der Waals surface area contributed by atoms with E-state index in [1.165, 1.54) is 0 Å². The van der Waals surface area contributed by atoms with E-state index >= 15 is 0 Å². The number of hydrogen-bond donors (Lipinski definition) is 3. The lowest BCUT2D eigenvalue weighted by Gasteiger charge is -2.14. The Hall–Kier alpha value is -2.51. The third-order valence-electron chi connectivity index (χ3n) is 3.10. The molecule has 0 saturated carbocycles. The lowest BCUT2D eigenvalue weighted by molar-refractivity contribution is 0.191. The molecule has 0 bridgehead atoms. The molecule has 2 aromatic rings. The van der Waals surface area contributed by atoms with Gasteiger partial charge in [0, 0.05) is 12.2 Å². The van der Waals surface area contributed by atoms with Gasteiger partial charge in [0.05, 0.1) is 17.4 Å². The molecule has 0 aliphatic heterocycles. The Morgan fingerprint density at radius 3 is 2.60 bits per heavy atom. The summed E-state index contributed by atoms with van der Waals surface area (Å²) in [6.45, 7) is 2.27. The first-order valence-corrected chi connectivity index (χ1v) is 6.38. The Balaban J connectivity index is 2.05.